The molecule has 0 radical (unpaired) electrons. The van der Waals surface area contributed by atoms with Crippen LogP contribution in [0.3, 0.4) is 0 Å². The number of halogens is 1. The lowest BCUT2D eigenvalue weighted by atomic mass is 10.1. The molecule has 0 spiro atoms. The van der Waals surface area contributed by atoms with Crippen LogP contribution in [0.4, 0.5) is 5.69 Å². The fourth-order valence-electron chi connectivity index (χ4n) is 4.33. The number of nitrogens with one attached hydrogen (secondary N) is 1. The zero-order valence-corrected chi connectivity index (χ0v) is 20.1. The smallest absolute Gasteiger partial charge is 0.259 e. The molecular weight excluding hydrogens is 464 g/mol. The largest absolute Gasteiger partial charge is 0.368 e. The summed E-state index contributed by atoms with van der Waals surface area (Å²) in [5, 5.41) is 3.55. The lowest BCUT2D eigenvalue weighted by Gasteiger charge is -2.36. The molecule has 5 rings (SSSR count). The maximum absolute atomic E-state index is 13.5. The SMILES string of the molecule is O=C(NC1CC1)c1cn(Cc2ccccc2)cc(C(=O)N2CCN(c3cccc(Cl)c3)CC2)c1=O. The molecule has 1 saturated carbocycles. The van der Waals surface area contributed by atoms with E-state index in [4.69, 9.17) is 11.6 Å². The Hall–Kier alpha value is -3.58. The van der Waals surface area contributed by atoms with Crippen LogP contribution in [-0.2, 0) is 6.54 Å². The highest BCUT2D eigenvalue weighted by molar-refractivity contribution is 6.30. The Morgan fingerprint density at radius 2 is 1.63 bits per heavy atom. The molecule has 3 aromatic rings. The number of hydrogen-bond acceptors (Lipinski definition) is 4. The van der Waals surface area contributed by atoms with Crippen molar-refractivity contribution in [2.45, 2.75) is 25.4 Å². The second-order valence-corrected chi connectivity index (χ2v) is 9.52. The number of pyridine rings is 1. The van der Waals surface area contributed by atoms with Crippen LogP contribution in [0.25, 0.3) is 0 Å². The van der Waals surface area contributed by atoms with E-state index in [2.05, 4.69) is 10.2 Å². The minimum absolute atomic E-state index is 0.0104. The van der Waals surface area contributed by atoms with Crippen LogP contribution in [0.5, 0.6) is 0 Å². The molecule has 8 heteroatoms. The van der Waals surface area contributed by atoms with Crippen molar-refractivity contribution in [3.63, 3.8) is 0 Å². The first-order valence-corrected chi connectivity index (χ1v) is 12.2. The van der Waals surface area contributed by atoms with Gasteiger partial charge < -0.3 is 19.7 Å². The highest BCUT2D eigenvalue weighted by atomic mass is 35.5. The molecular formula is C27H27ClN4O3. The topological polar surface area (TPSA) is 74.7 Å². The number of carbonyl (C=O) groups excluding carboxylic acids is 2. The number of anilines is 1. The third-order valence-electron chi connectivity index (χ3n) is 6.41. The van der Waals surface area contributed by atoms with E-state index in [1.54, 1.807) is 21.9 Å². The minimum Gasteiger partial charge on any atom is -0.368 e. The number of rotatable bonds is 6. The monoisotopic (exact) mass is 490 g/mol. The van der Waals surface area contributed by atoms with Gasteiger partial charge in [0, 0.05) is 61.9 Å². The van der Waals surface area contributed by atoms with Gasteiger partial charge in [-0.1, -0.05) is 48.0 Å². The van der Waals surface area contributed by atoms with Gasteiger partial charge in [0.25, 0.3) is 11.8 Å². The predicted octanol–water partition coefficient (Wildman–Crippen LogP) is 3.40. The fraction of sp³-hybridized carbons (Fsp3) is 0.296. The summed E-state index contributed by atoms with van der Waals surface area (Å²) < 4.78 is 1.76. The van der Waals surface area contributed by atoms with E-state index in [9.17, 15) is 14.4 Å². The van der Waals surface area contributed by atoms with Crippen LogP contribution in [0.15, 0.2) is 71.8 Å². The number of amides is 2. The number of nitrogens with zero attached hydrogens (tertiary/aromatic N) is 3. The Bertz CT molecular complexity index is 1300. The summed E-state index contributed by atoms with van der Waals surface area (Å²) in [5.41, 5.74) is 1.54. The van der Waals surface area contributed by atoms with Crippen LogP contribution in [0.1, 0.15) is 39.1 Å². The van der Waals surface area contributed by atoms with E-state index in [-0.39, 0.29) is 23.1 Å². The Balaban J connectivity index is 1.39. The van der Waals surface area contributed by atoms with Gasteiger partial charge in [-0.15, -0.1) is 0 Å². The summed E-state index contributed by atoms with van der Waals surface area (Å²) in [6.07, 6.45) is 4.97. The second kappa shape index (κ2) is 9.96. The van der Waals surface area contributed by atoms with Gasteiger partial charge in [-0.2, -0.15) is 0 Å². The van der Waals surface area contributed by atoms with Gasteiger partial charge in [0.1, 0.15) is 11.1 Å². The van der Waals surface area contributed by atoms with E-state index in [0.29, 0.717) is 37.7 Å². The average molecular weight is 491 g/mol. The zero-order chi connectivity index (χ0) is 24.4. The summed E-state index contributed by atoms with van der Waals surface area (Å²) >= 11 is 6.13. The number of carbonyl (C=O) groups is 2. The van der Waals surface area contributed by atoms with Crippen molar-refractivity contribution in [1.82, 2.24) is 14.8 Å². The van der Waals surface area contributed by atoms with Crippen molar-refractivity contribution in [1.29, 1.82) is 0 Å². The molecule has 2 aromatic carbocycles. The molecule has 0 bridgehead atoms. The maximum Gasteiger partial charge on any atom is 0.259 e. The summed E-state index contributed by atoms with van der Waals surface area (Å²) in [7, 11) is 0. The van der Waals surface area contributed by atoms with Crippen molar-refractivity contribution in [3.8, 4) is 0 Å². The number of piperazine rings is 1. The molecule has 1 N–H and O–H groups in total. The highest BCUT2D eigenvalue weighted by Gasteiger charge is 2.29. The third-order valence-corrected chi connectivity index (χ3v) is 6.65. The first kappa shape index (κ1) is 23.2. The van der Waals surface area contributed by atoms with Crippen molar-refractivity contribution in [2.75, 3.05) is 31.1 Å². The van der Waals surface area contributed by atoms with Crippen LogP contribution in [0, 0.1) is 0 Å². The van der Waals surface area contributed by atoms with Crippen LogP contribution in [-0.4, -0.2) is 53.5 Å². The standard InChI is InChI=1S/C27H27ClN4O3/c28-20-7-4-8-22(15-20)31-11-13-32(14-12-31)27(35)24-18-30(16-19-5-2-1-3-6-19)17-23(25(24)33)26(34)29-21-9-10-21/h1-8,15,17-18,21H,9-14,16H2,(H,29,34). The van der Waals surface area contributed by atoms with Gasteiger partial charge in [-0.25, -0.2) is 0 Å². The van der Waals surface area contributed by atoms with E-state index in [0.717, 1.165) is 24.1 Å². The first-order chi connectivity index (χ1) is 17.0. The van der Waals surface area contributed by atoms with E-state index in [1.165, 1.54) is 0 Å². The van der Waals surface area contributed by atoms with Gasteiger partial charge in [0.15, 0.2) is 0 Å². The molecule has 35 heavy (non-hydrogen) atoms. The van der Waals surface area contributed by atoms with E-state index in [1.807, 2.05) is 54.6 Å². The lowest BCUT2D eigenvalue weighted by Crippen LogP contribution is -2.50. The third kappa shape index (κ3) is 5.41. The van der Waals surface area contributed by atoms with Crippen LogP contribution >= 0.6 is 11.6 Å². The van der Waals surface area contributed by atoms with Crippen molar-refractivity contribution < 1.29 is 9.59 Å². The van der Waals surface area contributed by atoms with Crippen LogP contribution in [0.2, 0.25) is 5.02 Å². The normalized spacial score (nSPS) is 15.7. The van der Waals surface area contributed by atoms with Gasteiger partial charge in [-0.3, -0.25) is 14.4 Å². The highest BCUT2D eigenvalue weighted by Crippen LogP contribution is 2.22. The first-order valence-electron chi connectivity index (χ1n) is 11.9. The molecule has 2 aliphatic rings. The summed E-state index contributed by atoms with van der Waals surface area (Å²) in [6.45, 7) is 2.66. The Labute approximate surface area is 208 Å². The van der Waals surface area contributed by atoms with Gasteiger partial charge in [-0.05, 0) is 36.6 Å². The summed E-state index contributed by atoms with van der Waals surface area (Å²) in [4.78, 5) is 43.4. The van der Waals surface area contributed by atoms with E-state index >= 15 is 0 Å². The summed E-state index contributed by atoms with van der Waals surface area (Å²) in [5.74, 6) is -0.761. The minimum atomic E-state index is -0.519. The molecule has 2 amide bonds. The Morgan fingerprint density at radius 3 is 2.31 bits per heavy atom. The summed E-state index contributed by atoms with van der Waals surface area (Å²) in [6, 6.07) is 17.5. The number of aromatic nitrogens is 1. The Kier molecular flexibility index (Phi) is 6.59. The predicted molar refractivity (Wildman–Crippen MR) is 136 cm³/mol. The van der Waals surface area contributed by atoms with Gasteiger partial charge in [0.05, 0.1) is 0 Å². The van der Waals surface area contributed by atoms with Gasteiger partial charge >= 0.3 is 0 Å². The molecule has 1 saturated heterocycles. The molecule has 0 atom stereocenters. The molecule has 1 aliphatic carbocycles. The zero-order valence-electron chi connectivity index (χ0n) is 19.3. The average Bonchev–Trinajstić information content (AvgIpc) is 3.69. The molecule has 2 heterocycles. The molecule has 1 aromatic heterocycles. The fourth-order valence-corrected chi connectivity index (χ4v) is 4.52. The maximum atomic E-state index is 13.5. The molecule has 180 valence electrons. The van der Waals surface area contributed by atoms with Crippen LogP contribution < -0.4 is 15.6 Å². The quantitative estimate of drug-likeness (QED) is 0.574. The van der Waals surface area contributed by atoms with Gasteiger partial charge in [0.2, 0.25) is 5.43 Å². The van der Waals surface area contributed by atoms with Crippen molar-refractivity contribution in [3.05, 3.63) is 98.9 Å². The molecule has 2 fully saturated rings. The Morgan fingerprint density at radius 1 is 0.914 bits per heavy atom. The number of hydrogen-bond donors (Lipinski definition) is 1. The van der Waals surface area contributed by atoms with Crippen molar-refractivity contribution in [2.24, 2.45) is 0 Å². The van der Waals surface area contributed by atoms with E-state index < -0.39 is 11.3 Å². The molecule has 0 unspecified atom stereocenters. The second-order valence-electron chi connectivity index (χ2n) is 9.08. The van der Waals surface area contributed by atoms with Crippen molar-refractivity contribution >= 4 is 29.1 Å². The molecule has 1 aliphatic heterocycles. The molecule has 7 nitrogen and oxygen atoms in total. The number of benzene rings is 2. The lowest BCUT2D eigenvalue weighted by molar-refractivity contribution is 0.0744.